The molecule has 0 aromatic carbocycles. The summed E-state index contributed by atoms with van der Waals surface area (Å²) < 4.78 is 0. The van der Waals surface area contributed by atoms with E-state index in [2.05, 4.69) is 42.7 Å². The van der Waals surface area contributed by atoms with Crippen LogP contribution in [0.2, 0.25) is 0 Å². The molecule has 2 rings (SSSR count). The maximum absolute atomic E-state index is 3.52. The summed E-state index contributed by atoms with van der Waals surface area (Å²) in [6.45, 7) is 12.2. The highest BCUT2D eigenvalue weighted by atomic mass is 32.2. The summed E-state index contributed by atoms with van der Waals surface area (Å²) in [7, 11) is 0. The molecule has 88 valence electrons. The van der Waals surface area contributed by atoms with Gasteiger partial charge in [-0.25, -0.2) is 0 Å². The highest BCUT2D eigenvalue weighted by Gasteiger charge is 2.37. The van der Waals surface area contributed by atoms with Gasteiger partial charge < -0.3 is 5.32 Å². The fourth-order valence-electron chi connectivity index (χ4n) is 2.96. The topological polar surface area (TPSA) is 15.3 Å². The summed E-state index contributed by atoms with van der Waals surface area (Å²) in [5.74, 6) is 1.32. The molecule has 2 nitrogen and oxygen atoms in total. The molecule has 2 fully saturated rings. The Labute approximate surface area is 98.2 Å². The van der Waals surface area contributed by atoms with Crippen molar-refractivity contribution in [3.63, 3.8) is 0 Å². The van der Waals surface area contributed by atoms with Crippen molar-refractivity contribution in [2.24, 2.45) is 5.41 Å². The maximum atomic E-state index is 3.52. The molecule has 0 amide bonds. The van der Waals surface area contributed by atoms with E-state index in [1.54, 1.807) is 0 Å². The Bertz CT molecular complexity index is 218. The van der Waals surface area contributed by atoms with Crippen LogP contribution in [0.1, 0.15) is 27.2 Å². The number of nitrogens with zero attached hydrogens (tertiary/aromatic N) is 1. The zero-order valence-corrected chi connectivity index (χ0v) is 11.1. The van der Waals surface area contributed by atoms with Crippen LogP contribution in [0, 0.1) is 5.41 Å². The second-order valence-electron chi connectivity index (χ2n) is 5.65. The predicted octanol–water partition coefficient (Wildman–Crippen LogP) is 1.81. The second-order valence-corrected chi connectivity index (χ2v) is 7.19. The van der Waals surface area contributed by atoms with Gasteiger partial charge in [0, 0.05) is 36.7 Å². The number of piperidine rings is 1. The monoisotopic (exact) mass is 228 g/mol. The first-order chi connectivity index (χ1) is 7.09. The number of hydrogen-bond donors (Lipinski definition) is 1. The SMILES string of the molecule is CC1CN(C2CCNCC2(C)C)CCS1. The van der Waals surface area contributed by atoms with Crippen LogP contribution < -0.4 is 5.32 Å². The summed E-state index contributed by atoms with van der Waals surface area (Å²) in [6, 6.07) is 0.794. The third-order valence-corrected chi connectivity index (χ3v) is 4.93. The molecule has 0 radical (unpaired) electrons. The maximum Gasteiger partial charge on any atom is 0.0171 e. The molecule has 2 heterocycles. The van der Waals surface area contributed by atoms with Crippen LogP contribution in [0.5, 0.6) is 0 Å². The van der Waals surface area contributed by atoms with Gasteiger partial charge >= 0.3 is 0 Å². The molecular formula is C12H24N2S. The minimum atomic E-state index is 0.444. The van der Waals surface area contributed by atoms with Gasteiger partial charge in [0.05, 0.1) is 0 Å². The molecule has 0 aliphatic carbocycles. The molecule has 1 N–H and O–H groups in total. The van der Waals surface area contributed by atoms with E-state index in [4.69, 9.17) is 0 Å². The van der Waals surface area contributed by atoms with E-state index in [0.717, 1.165) is 11.3 Å². The Kier molecular flexibility index (Phi) is 3.63. The quantitative estimate of drug-likeness (QED) is 0.737. The van der Waals surface area contributed by atoms with Crippen molar-refractivity contribution in [3.05, 3.63) is 0 Å². The first kappa shape index (κ1) is 11.7. The molecule has 2 aliphatic heterocycles. The minimum Gasteiger partial charge on any atom is -0.316 e. The van der Waals surface area contributed by atoms with Crippen molar-refractivity contribution in [2.75, 3.05) is 31.9 Å². The van der Waals surface area contributed by atoms with Crippen molar-refractivity contribution in [1.82, 2.24) is 10.2 Å². The average Bonchev–Trinajstić information content (AvgIpc) is 2.17. The Morgan fingerprint density at radius 2 is 2.20 bits per heavy atom. The Balaban J connectivity index is 2.01. The van der Waals surface area contributed by atoms with Gasteiger partial charge in [0.1, 0.15) is 0 Å². The third kappa shape index (κ3) is 2.69. The van der Waals surface area contributed by atoms with E-state index < -0.39 is 0 Å². The van der Waals surface area contributed by atoms with E-state index in [9.17, 15) is 0 Å². The van der Waals surface area contributed by atoms with Gasteiger partial charge in [-0.05, 0) is 18.4 Å². The highest BCUT2D eigenvalue weighted by molar-refractivity contribution is 7.99. The van der Waals surface area contributed by atoms with Crippen LogP contribution in [0.4, 0.5) is 0 Å². The van der Waals surface area contributed by atoms with Gasteiger partial charge in [-0.3, -0.25) is 4.90 Å². The number of thioether (sulfide) groups is 1. The van der Waals surface area contributed by atoms with Gasteiger partial charge in [0.2, 0.25) is 0 Å². The van der Waals surface area contributed by atoms with E-state index >= 15 is 0 Å². The molecule has 0 spiro atoms. The van der Waals surface area contributed by atoms with E-state index in [1.807, 2.05) is 0 Å². The molecule has 2 saturated heterocycles. The summed E-state index contributed by atoms with van der Waals surface area (Å²) in [4.78, 5) is 2.74. The Hall–Kier alpha value is 0.270. The summed E-state index contributed by atoms with van der Waals surface area (Å²) >= 11 is 2.13. The molecular weight excluding hydrogens is 204 g/mol. The van der Waals surface area contributed by atoms with Crippen LogP contribution in [0.25, 0.3) is 0 Å². The molecule has 0 saturated carbocycles. The lowest BCUT2D eigenvalue weighted by atomic mass is 9.79. The standard InChI is InChI=1S/C12H24N2S/c1-10-8-14(6-7-15-10)11-4-5-13-9-12(11,2)3/h10-11,13H,4-9H2,1-3H3. The van der Waals surface area contributed by atoms with Crippen molar-refractivity contribution in [2.45, 2.75) is 38.5 Å². The first-order valence-corrected chi connectivity index (χ1v) is 7.21. The van der Waals surface area contributed by atoms with Crippen LogP contribution in [-0.4, -0.2) is 48.1 Å². The van der Waals surface area contributed by atoms with E-state index in [-0.39, 0.29) is 0 Å². The largest absolute Gasteiger partial charge is 0.316 e. The van der Waals surface area contributed by atoms with Gasteiger partial charge in [-0.1, -0.05) is 20.8 Å². The smallest absolute Gasteiger partial charge is 0.0171 e. The van der Waals surface area contributed by atoms with E-state index in [1.165, 1.54) is 38.4 Å². The predicted molar refractivity (Wildman–Crippen MR) is 68.5 cm³/mol. The number of hydrogen-bond acceptors (Lipinski definition) is 3. The summed E-state index contributed by atoms with van der Waals surface area (Å²) in [5.41, 5.74) is 0.444. The molecule has 15 heavy (non-hydrogen) atoms. The molecule has 0 aromatic heterocycles. The average molecular weight is 228 g/mol. The Morgan fingerprint density at radius 3 is 2.87 bits per heavy atom. The highest BCUT2D eigenvalue weighted by Crippen LogP contribution is 2.32. The van der Waals surface area contributed by atoms with Crippen LogP contribution in [0.15, 0.2) is 0 Å². The normalized spacial score (nSPS) is 37.8. The van der Waals surface area contributed by atoms with Gasteiger partial charge in [0.25, 0.3) is 0 Å². The van der Waals surface area contributed by atoms with Gasteiger partial charge in [-0.2, -0.15) is 11.8 Å². The molecule has 0 aromatic rings. The molecule has 0 bridgehead atoms. The zero-order valence-electron chi connectivity index (χ0n) is 10.3. The fraction of sp³-hybridized carbons (Fsp3) is 1.00. The Morgan fingerprint density at radius 1 is 1.40 bits per heavy atom. The van der Waals surface area contributed by atoms with Crippen LogP contribution in [0.3, 0.4) is 0 Å². The van der Waals surface area contributed by atoms with Crippen LogP contribution >= 0.6 is 11.8 Å². The molecule has 2 aliphatic rings. The third-order valence-electron chi connectivity index (χ3n) is 3.79. The molecule has 2 unspecified atom stereocenters. The molecule has 3 heteroatoms. The lowest BCUT2D eigenvalue weighted by Gasteiger charge is -2.47. The van der Waals surface area contributed by atoms with Gasteiger partial charge in [-0.15, -0.1) is 0 Å². The number of rotatable bonds is 1. The summed E-state index contributed by atoms with van der Waals surface area (Å²) in [6.07, 6.45) is 1.32. The van der Waals surface area contributed by atoms with Crippen molar-refractivity contribution in [3.8, 4) is 0 Å². The second kappa shape index (κ2) is 4.64. The summed E-state index contributed by atoms with van der Waals surface area (Å²) in [5, 5.41) is 4.35. The van der Waals surface area contributed by atoms with Gasteiger partial charge in [0.15, 0.2) is 0 Å². The van der Waals surface area contributed by atoms with Crippen molar-refractivity contribution >= 4 is 11.8 Å². The molecule has 2 atom stereocenters. The first-order valence-electron chi connectivity index (χ1n) is 6.16. The zero-order chi connectivity index (χ0) is 10.9. The van der Waals surface area contributed by atoms with E-state index in [0.29, 0.717) is 5.41 Å². The fourth-order valence-corrected chi connectivity index (χ4v) is 4.00. The number of nitrogens with one attached hydrogen (secondary N) is 1. The van der Waals surface area contributed by atoms with Crippen LogP contribution in [-0.2, 0) is 0 Å². The minimum absolute atomic E-state index is 0.444. The lowest BCUT2D eigenvalue weighted by Crippen LogP contribution is -2.57. The van der Waals surface area contributed by atoms with Crippen molar-refractivity contribution in [1.29, 1.82) is 0 Å². The lowest BCUT2D eigenvalue weighted by molar-refractivity contribution is 0.0629. The van der Waals surface area contributed by atoms with Crippen molar-refractivity contribution < 1.29 is 0 Å².